The van der Waals surface area contributed by atoms with E-state index in [4.69, 9.17) is 21.1 Å². The molecular formula is C12H22ClN3O2. The van der Waals surface area contributed by atoms with E-state index >= 15 is 0 Å². The third-order valence-electron chi connectivity index (χ3n) is 2.79. The van der Waals surface area contributed by atoms with Gasteiger partial charge in [-0.1, -0.05) is 11.6 Å². The topological polar surface area (TPSA) is 48.3 Å². The van der Waals surface area contributed by atoms with Gasteiger partial charge < -0.3 is 14.8 Å². The van der Waals surface area contributed by atoms with E-state index in [1.165, 1.54) is 0 Å². The smallest absolute Gasteiger partial charge is 0.0834 e. The van der Waals surface area contributed by atoms with Gasteiger partial charge in [-0.3, -0.25) is 4.68 Å². The molecule has 1 aromatic rings. The van der Waals surface area contributed by atoms with Crippen LogP contribution >= 0.6 is 11.6 Å². The highest BCUT2D eigenvalue weighted by Crippen LogP contribution is 2.24. The first-order chi connectivity index (χ1) is 8.74. The summed E-state index contributed by atoms with van der Waals surface area (Å²) in [5.74, 6) is 0. The summed E-state index contributed by atoms with van der Waals surface area (Å²) < 4.78 is 12.3. The summed E-state index contributed by atoms with van der Waals surface area (Å²) in [5.41, 5.74) is 1.03. The molecule has 0 bridgehead atoms. The van der Waals surface area contributed by atoms with Crippen molar-refractivity contribution >= 4 is 11.6 Å². The van der Waals surface area contributed by atoms with Crippen LogP contribution in [0.2, 0.25) is 5.02 Å². The third-order valence-corrected chi connectivity index (χ3v) is 3.09. The quantitative estimate of drug-likeness (QED) is 0.699. The molecule has 104 valence electrons. The first kappa shape index (κ1) is 15.4. The van der Waals surface area contributed by atoms with E-state index in [2.05, 4.69) is 17.3 Å². The van der Waals surface area contributed by atoms with Crippen LogP contribution in [-0.2, 0) is 16.0 Å². The van der Waals surface area contributed by atoms with Crippen molar-refractivity contribution in [3.8, 4) is 0 Å². The van der Waals surface area contributed by atoms with E-state index in [0.717, 1.165) is 18.7 Å². The molecular weight excluding hydrogens is 254 g/mol. The maximum atomic E-state index is 6.18. The van der Waals surface area contributed by atoms with E-state index in [-0.39, 0.29) is 6.04 Å². The number of aromatic nitrogens is 2. The summed E-state index contributed by atoms with van der Waals surface area (Å²) in [4.78, 5) is 0. The Hall–Kier alpha value is -0.620. The number of aryl methyl sites for hydroxylation is 1. The SMILES string of the molecule is CCn1ncc(Cl)c1C(CCOCCOC)NC. The lowest BCUT2D eigenvalue weighted by Crippen LogP contribution is -2.22. The summed E-state index contributed by atoms with van der Waals surface area (Å²) in [7, 11) is 3.59. The lowest BCUT2D eigenvalue weighted by molar-refractivity contribution is 0.0657. The number of hydrogen-bond donors (Lipinski definition) is 1. The van der Waals surface area contributed by atoms with E-state index in [1.807, 2.05) is 11.7 Å². The van der Waals surface area contributed by atoms with Crippen LogP contribution in [0.1, 0.15) is 25.1 Å². The number of ether oxygens (including phenoxy) is 2. The van der Waals surface area contributed by atoms with Gasteiger partial charge in [0.1, 0.15) is 0 Å². The standard InChI is InChI=1S/C12H22ClN3O2/c1-4-16-12(10(13)9-15-16)11(14-2)5-6-18-8-7-17-3/h9,11,14H,4-8H2,1-3H3. The molecule has 1 rings (SSSR count). The number of nitrogens with zero attached hydrogens (tertiary/aromatic N) is 2. The molecule has 0 spiro atoms. The van der Waals surface area contributed by atoms with Crippen LogP contribution in [0, 0.1) is 0 Å². The zero-order valence-corrected chi connectivity index (χ0v) is 12.0. The molecule has 0 fully saturated rings. The Labute approximate surface area is 113 Å². The number of hydrogen-bond acceptors (Lipinski definition) is 4. The predicted octanol–water partition coefficient (Wildman–Crippen LogP) is 1.87. The molecule has 1 N–H and O–H groups in total. The summed E-state index contributed by atoms with van der Waals surface area (Å²) in [6.07, 6.45) is 2.54. The van der Waals surface area contributed by atoms with Gasteiger partial charge in [0.25, 0.3) is 0 Å². The summed E-state index contributed by atoms with van der Waals surface area (Å²) in [5, 5.41) is 8.20. The van der Waals surface area contributed by atoms with Gasteiger partial charge in [-0.15, -0.1) is 0 Å². The van der Waals surface area contributed by atoms with Gasteiger partial charge in [0.05, 0.1) is 36.2 Å². The second kappa shape index (κ2) is 8.48. The van der Waals surface area contributed by atoms with Crippen molar-refractivity contribution in [2.24, 2.45) is 0 Å². The molecule has 1 aromatic heterocycles. The largest absolute Gasteiger partial charge is 0.382 e. The predicted molar refractivity (Wildman–Crippen MR) is 72.0 cm³/mol. The molecule has 6 heteroatoms. The van der Waals surface area contributed by atoms with Crippen LogP contribution < -0.4 is 5.32 Å². The highest BCUT2D eigenvalue weighted by atomic mass is 35.5. The van der Waals surface area contributed by atoms with Gasteiger partial charge in [-0.2, -0.15) is 5.10 Å². The van der Waals surface area contributed by atoms with Gasteiger partial charge in [0.2, 0.25) is 0 Å². The van der Waals surface area contributed by atoms with Gasteiger partial charge in [0.15, 0.2) is 0 Å². The van der Waals surface area contributed by atoms with E-state index in [9.17, 15) is 0 Å². The number of rotatable bonds is 9. The Bertz CT molecular complexity index is 344. The molecule has 0 aliphatic heterocycles. The molecule has 1 unspecified atom stereocenters. The molecule has 1 heterocycles. The second-order valence-corrected chi connectivity index (χ2v) is 4.34. The Morgan fingerprint density at radius 1 is 1.44 bits per heavy atom. The summed E-state index contributed by atoms with van der Waals surface area (Å²) >= 11 is 6.18. The number of methoxy groups -OCH3 is 1. The molecule has 0 aromatic carbocycles. The van der Waals surface area contributed by atoms with Crippen molar-refractivity contribution in [2.45, 2.75) is 25.9 Å². The minimum atomic E-state index is 0.155. The maximum absolute atomic E-state index is 6.18. The van der Waals surface area contributed by atoms with Gasteiger partial charge in [-0.05, 0) is 20.4 Å². The van der Waals surface area contributed by atoms with Gasteiger partial charge >= 0.3 is 0 Å². The van der Waals surface area contributed by atoms with Crippen molar-refractivity contribution in [3.63, 3.8) is 0 Å². The number of halogens is 1. The zero-order valence-electron chi connectivity index (χ0n) is 11.3. The Kier molecular flexibility index (Phi) is 7.27. The Morgan fingerprint density at radius 2 is 2.22 bits per heavy atom. The molecule has 0 saturated carbocycles. The second-order valence-electron chi connectivity index (χ2n) is 3.93. The van der Waals surface area contributed by atoms with Crippen LogP contribution in [0.3, 0.4) is 0 Å². The van der Waals surface area contributed by atoms with Crippen molar-refractivity contribution in [3.05, 3.63) is 16.9 Å². The summed E-state index contributed by atoms with van der Waals surface area (Å²) in [6, 6.07) is 0.155. The molecule has 0 aliphatic rings. The maximum Gasteiger partial charge on any atom is 0.0834 e. The number of nitrogens with one attached hydrogen (secondary N) is 1. The molecule has 1 atom stereocenters. The molecule has 5 nitrogen and oxygen atoms in total. The van der Waals surface area contributed by atoms with Crippen molar-refractivity contribution in [1.82, 2.24) is 15.1 Å². The Balaban J connectivity index is 2.52. The zero-order chi connectivity index (χ0) is 13.4. The monoisotopic (exact) mass is 275 g/mol. The minimum absolute atomic E-state index is 0.155. The highest BCUT2D eigenvalue weighted by molar-refractivity contribution is 6.31. The third kappa shape index (κ3) is 4.24. The normalized spacial score (nSPS) is 12.9. The Morgan fingerprint density at radius 3 is 2.83 bits per heavy atom. The molecule has 0 saturated heterocycles. The van der Waals surface area contributed by atoms with Crippen molar-refractivity contribution in [2.75, 3.05) is 34.0 Å². The fourth-order valence-corrected chi connectivity index (χ4v) is 2.11. The lowest BCUT2D eigenvalue weighted by atomic mass is 10.1. The first-order valence-electron chi connectivity index (χ1n) is 6.19. The van der Waals surface area contributed by atoms with E-state index in [0.29, 0.717) is 24.8 Å². The minimum Gasteiger partial charge on any atom is -0.382 e. The van der Waals surface area contributed by atoms with Crippen LogP contribution in [0.15, 0.2) is 6.20 Å². The van der Waals surface area contributed by atoms with Crippen LogP contribution in [0.4, 0.5) is 0 Å². The molecule has 18 heavy (non-hydrogen) atoms. The average Bonchev–Trinajstić information content (AvgIpc) is 2.75. The molecule has 0 amide bonds. The van der Waals surface area contributed by atoms with Gasteiger partial charge in [-0.25, -0.2) is 0 Å². The van der Waals surface area contributed by atoms with Crippen LogP contribution in [0.5, 0.6) is 0 Å². The van der Waals surface area contributed by atoms with Crippen molar-refractivity contribution < 1.29 is 9.47 Å². The van der Waals surface area contributed by atoms with Crippen LogP contribution in [0.25, 0.3) is 0 Å². The molecule has 0 radical (unpaired) electrons. The van der Waals surface area contributed by atoms with Crippen LogP contribution in [-0.4, -0.2) is 43.8 Å². The lowest BCUT2D eigenvalue weighted by Gasteiger charge is -2.18. The fraction of sp³-hybridized carbons (Fsp3) is 0.750. The first-order valence-corrected chi connectivity index (χ1v) is 6.57. The van der Waals surface area contributed by atoms with Gasteiger partial charge in [0, 0.05) is 20.3 Å². The highest BCUT2D eigenvalue weighted by Gasteiger charge is 2.18. The summed E-state index contributed by atoms with van der Waals surface area (Å²) in [6.45, 7) is 4.77. The average molecular weight is 276 g/mol. The van der Waals surface area contributed by atoms with Crippen molar-refractivity contribution in [1.29, 1.82) is 0 Å². The van der Waals surface area contributed by atoms with E-state index < -0.39 is 0 Å². The fourth-order valence-electron chi connectivity index (χ4n) is 1.83. The molecule has 0 aliphatic carbocycles. The van der Waals surface area contributed by atoms with E-state index in [1.54, 1.807) is 13.3 Å².